The van der Waals surface area contributed by atoms with Crippen LogP contribution in [0.4, 0.5) is 0 Å². The lowest BCUT2D eigenvalue weighted by molar-refractivity contribution is -0.122. The van der Waals surface area contributed by atoms with Gasteiger partial charge in [-0.3, -0.25) is 9.69 Å². The van der Waals surface area contributed by atoms with Gasteiger partial charge in [0, 0.05) is 6.54 Å². The molecule has 1 fully saturated rings. The van der Waals surface area contributed by atoms with Crippen LogP contribution in [0.3, 0.4) is 0 Å². The summed E-state index contributed by atoms with van der Waals surface area (Å²) in [6.07, 6.45) is 1.88. The van der Waals surface area contributed by atoms with Gasteiger partial charge >= 0.3 is 0 Å². The molecule has 0 spiro atoms. The second-order valence-electron chi connectivity index (χ2n) is 5.87. The van der Waals surface area contributed by atoms with Gasteiger partial charge in [-0.2, -0.15) is 0 Å². The summed E-state index contributed by atoms with van der Waals surface area (Å²) in [5.41, 5.74) is 3.75. The number of likely N-dealkylation sites (N-methyl/N-ethyl adjacent to an activating group) is 1. The lowest BCUT2D eigenvalue weighted by atomic mass is 9.96. The minimum absolute atomic E-state index is 0.0723. The van der Waals surface area contributed by atoms with Crippen LogP contribution in [0.5, 0.6) is 5.75 Å². The Morgan fingerprint density at radius 3 is 2.57 bits per heavy atom. The SMILES string of the molecule is CCOc1cc(C)c(/C=C2\NC(=S)N(CC)C2=O)cc1C(C)C. The van der Waals surface area contributed by atoms with Crippen molar-refractivity contribution in [1.82, 2.24) is 10.2 Å². The molecule has 1 aliphatic rings. The molecule has 23 heavy (non-hydrogen) atoms. The first-order chi connectivity index (χ1) is 10.9. The largest absolute Gasteiger partial charge is 0.494 e. The van der Waals surface area contributed by atoms with Gasteiger partial charge in [0.15, 0.2) is 5.11 Å². The summed E-state index contributed by atoms with van der Waals surface area (Å²) in [6.45, 7) is 11.4. The number of nitrogens with zero attached hydrogens (tertiary/aromatic N) is 1. The Hall–Kier alpha value is -1.88. The Morgan fingerprint density at radius 1 is 1.35 bits per heavy atom. The predicted molar refractivity (Wildman–Crippen MR) is 97.5 cm³/mol. The number of benzene rings is 1. The lowest BCUT2D eigenvalue weighted by Gasteiger charge is -2.16. The molecule has 1 N–H and O–H groups in total. The van der Waals surface area contributed by atoms with Crippen LogP contribution in [0.1, 0.15) is 50.3 Å². The number of hydrogen-bond acceptors (Lipinski definition) is 3. The third kappa shape index (κ3) is 3.55. The number of carbonyl (C=O) groups excluding carboxylic acids is 1. The Balaban J connectivity index is 2.44. The molecule has 0 radical (unpaired) electrons. The average Bonchev–Trinajstić information content (AvgIpc) is 2.75. The second kappa shape index (κ2) is 7.13. The van der Waals surface area contributed by atoms with E-state index in [1.54, 1.807) is 4.90 Å². The number of thiocarbonyl (C=S) groups is 1. The van der Waals surface area contributed by atoms with Crippen molar-refractivity contribution in [2.45, 2.75) is 40.5 Å². The summed E-state index contributed by atoms with van der Waals surface area (Å²) >= 11 is 5.20. The van der Waals surface area contributed by atoms with E-state index in [9.17, 15) is 4.79 Å². The molecule has 0 unspecified atom stereocenters. The molecule has 124 valence electrons. The van der Waals surface area contributed by atoms with Crippen LogP contribution in [-0.4, -0.2) is 29.1 Å². The van der Waals surface area contributed by atoms with Crippen LogP contribution in [0, 0.1) is 6.92 Å². The van der Waals surface area contributed by atoms with Crippen molar-refractivity contribution in [2.24, 2.45) is 0 Å². The van der Waals surface area contributed by atoms with Crippen molar-refractivity contribution in [3.63, 3.8) is 0 Å². The van der Waals surface area contributed by atoms with E-state index in [4.69, 9.17) is 17.0 Å². The van der Waals surface area contributed by atoms with Gasteiger partial charge < -0.3 is 10.1 Å². The van der Waals surface area contributed by atoms with Gasteiger partial charge in [0.25, 0.3) is 5.91 Å². The molecule has 0 aromatic heterocycles. The predicted octanol–water partition coefficient (Wildman–Crippen LogP) is 3.59. The van der Waals surface area contributed by atoms with E-state index in [1.165, 1.54) is 0 Å². The lowest BCUT2D eigenvalue weighted by Crippen LogP contribution is -2.30. The smallest absolute Gasteiger partial charge is 0.276 e. The number of hydrogen-bond donors (Lipinski definition) is 1. The second-order valence-corrected chi connectivity index (χ2v) is 6.26. The Bertz CT molecular complexity index is 665. The summed E-state index contributed by atoms with van der Waals surface area (Å²) < 4.78 is 5.74. The minimum Gasteiger partial charge on any atom is -0.494 e. The van der Waals surface area contributed by atoms with Crippen molar-refractivity contribution in [1.29, 1.82) is 0 Å². The molecule has 4 nitrogen and oxygen atoms in total. The normalized spacial score (nSPS) is 16.4. The molecule has 1 heterocycles. The summed E-state index contributed by atoms with van der Waals surface area (Å²) in [6, 6.07) is 4.14. The molecule has 0 bridgehead atoms. The summed E-state index contributed by atoms with van der Waals surface area (Å²) in [5, 5.41) is 3.48. The highest BCUT2D eigenvalue weighted by Crippen LogP contribution is 2.31. The minimum atomic E-state index is -0.0723. The van der Waals surface area contributed by atoms with Crippen molar-refractivity contribution in [3.05, 3.63) is 34.5 Å². The van der Waals surface area contributed by atoms with Gasteiger partial charge in [0.2, 0.25) is 0 Å². The van der Waals surface area contributed by atoms with Crippen molar-refractivity contribution in [3.8, 4) is 5.75 Å². The van der Waals surface area contributed by atoms with Crippen LogP contribution >= 0.6 is 12.2 Å². The van der Waals surface area contributed by atoms with Gasteiger partial charge in [-0.1, -0.05) is 13.8 Å². The fourth-order valence-corrected chi connectivity index (χ4v) is 2.94. The van der Waals surface area contributed by atoms with E-state index < -0.39 is 0 Å². The zero-order chi connectivity index (χ0) is 17.1. The fraction of sp³-hybridized carbons (Fsp3) is 0.444. The molecule has 1 aliphatic heterocycles. The first-order valence-electron chi connectivity index (χ1n) is 8.00. The van der Waals surface area contributed by atoms with Crippen LogP contribution < -0.4 is 10.1 Å². The first-order valence-corrected chi connectivity index (χ1v) is 8.41. The molecule has 0 aliphatic carbocycles. The Morgan fingerprint density at radius 2 is 2.04 bits per heavy atom. The fourth-order valence-electron chi connectivity index (χ4n) is 2.62. The third-order valence-electron chi connectivity index (χ3n) is 3.90. The number of nitrogens with one attached hydrogen (secondary N) is 1. The molecule has 5 heteroatoms. The van der Waals surface area contributed by atoms with Crippen molar-refractivity contribution < 1.29 is 9.53 Å². The molecule has 0 saturated carbocycles. The maximum Gasteiger partial charge on any atom is 0.276 e. The molecule has 2 rings (SSSR count). The van der Waals surface area contributed by atoms with E-state index in [2.05, 4.69) is 25.2 Å². The monoisotopic (exact) mass is 332 g/mol. The van der Waals surface area contributed by atoms with Gasteiger partial charge in [-0.25, -0.2) is 0 Å². The third-order valence-corrected chi connectivity index (χ3v) is 4.22. The van der Waals surface area contributed by atoms with E-state index in [-0.39, 0.29) is 5.91 Å². The standard InChI is InChI=1S/C18H24N2O2S/c1-6-20-17(21)15(19-18(20)23)10-13-9-14(11(3)4)16(22-7-2)8-12(13)5/h8-11H,6-7H2,1-5H3,(H,19,23)/b15-10-. The topological polar surface area (TPSA) is 41.6 Å². The number of rotatable bonds is 5. The highest BCUT2D eigenvalue weighted by Gasteiger charge is 2.29. The molecule has 1 amide bonds. The molecule has 0 atom stereocenters. The highest BCUT2D eigenvalue weighted by atomic mass is 32.1. The molecule has 1 aromatic carbocycles. The van der Waals surface area contributed by atoms with Gasteiger partial charge in [0.1, 0.15) is 11.4 Å². The number of carbonyl (C=O) groups is 1. The number of aryl methyl sites for hydroxylation is 1. The van der Waals surface area contributed by atoms with Crippen LogP contribution in [0.15, 0.2) is 17.8 Å². The van der Waals surface area contributed by atoms with E-state index in [1.807, 2.05) is 32.9 Å². The Kier molecular flexibility index (Phi) is 5.42. The van der Waals surface area contributed by atoms with Gasteiger partial charge in [0.05, 0.1) is 6.61 Å². The van der Waals surface area contributed by atoms with E-state index in [0.717, 1.165) is 22.4 Å². The summed E-state index contributed by atoms with van der Waals surface area (Å²) in [4.78, 5) is 13.9. The quantitative estimate of drug-likeness (QED) is 0.661. The molecule has 1 aromatic rings. The van der Waals surface area contributed by atoms with Crippen molar-refractivity contribution >= 4 is 29.3 Å². The van der Waals surface area contributed by atoms with Gasteiger partial charge in [-0.05, 0) is 73.8 Å². The zero-order valence-electron chi connectivity index (χ0n) is 14.4. The highest BCUT2D eigenvalue weighted by molar-refractivity contribution is 7.80. The molecule has 1 saturated heterocycles. The summed E-state index contributed by atoms with van der Waals surface area (Å²) in [7, 11) is 0. The summed E-state index contributed by atoms with van der Waals surface area (Å²) in [5.74, 6) is 1.19. The van der Waals surface area contributed by atoms with Crippen LogP contribution in [0.2, 0.25) is 0 Å². The average molecular weight is 332 g/mol. The first kappa shape index (κ1) is 17.5. The maximum absolute atomic E-state index is 12.3. The Labute approximate surface area is 143 Å². The number of amides is 1. The molecular weight excluding hydrogens is 308 g/mol. The maximum atomic E-state index is 12.3. The molecular formula is C18H24N2O2S. The van der Waals surface area contributed by atoms with Gasteiger partial charge in [-0.15, -0.1) is 0 Å². The van der Waals surface area contributed by atoms with E-state index in [0.29, 0.717) is 29.9 Å². The number of ether oxygens (including phenoxy) is 1. The van der Waals surface area contributed by atoms with Crippen LogP contribution in [0.25, 0.3) is 6.08 Å². The van der Waals surface area contributed by atoms with E-state index >= 15 is 0 Å². The van der Waals surface area contributed by atoms with Crippen molar-refractivity contribution in [2.75, 3.05) is 13.2 Å². The zero-order valence-corrected chi connectivity index (χ0v) is 15.2. The van der Waals surface area contributed by atoms with Crippen LogP contribution in [-0.2, 0) is 4.79 Å².